The molecule has 3 heterocycles. The number of hydrogen-bond donors (Lipinski definition) is 1. The number of nitrogens with zero attached hydrogens (tertiary/aromatic N) is 4. The van der Waals surface area contributed by atoms with Crippen LogP contribution in [0.5, 0.6) is 0 Å². The maximum absolute atomic E-state index is 12.8. The van der Waals surface area contributed by atoms with Gasteiger partial charge in [-0.15, -0.1) is 0 Å². The molecule has 0 saturated carbocycles. The number of carbonyl (C=O) groups is 1. The number of carbonyl (C=O) groups excluding carboxylic acids is 1. The van der Waals surface area contributed by atoms with Crippen molar-refractivity contribution in [3.05, 3.63) is 65.6 Å². The normalized spacial score (nSPS) is 17.3. The smallest absolute Gasteiger partial charge is 0.259 e. The summed E-state index contributed by atoms with van der Waals surface area (Å²) in [5, 5.41) is 13.3. The second kappa shape index (κ2) is 6.64. The lowest BCUT2D eigenvalue weighted by Crippen LogP contribution is -2.29. The lowest BCUT2D eigenvalue weighted by atomic mass is 9.98. The fourth-order valence-corrected chi connectivity index (χ4v) is 3.45. The van der Waals surface area contributed by atoms with E-state index < -0.39 is 0 Å². The molecule has 128 valence electrons. The van der Waals surface area contributed by atoms with E-state index in [1.807, 2.05) is 17.0 Å². The average molecular weight is 336 g/mol. The molecule has 4 rings (SSSR count). The summed E-state index contributed by atoms with van der Waals surface area (Å²) in [5.74, 6) is 0.463. The van der Waals surface area contributed by atoms with Crippen molar-refractivity contribution in [3.8, 4) is 0 Å². The van der Waals surface area contributed by atoms with Gasteiger partial charge in [-0.25, -0.2) is 9.50 Å². The van der Waals surface area contributed by atoms with Crippen molar-refractivity contribution < 1.29 is 9.90 Å². The maximum Gasteiger partial charge on any atom is 0.259 e. The summed E-state index contributed by atoms with van der Waals surface area (Å²) in [7, 11) is 0. The molecule has 1 aliphatic rings. The third kappa shape index (κ3) is 3.13. The van der Waals surface area contributed by atoms with Crippen LogP contribution in [0.1, 0.15) is 27.9 Å². The highest BCUT2D eigenvalue weighted by molar-refractivity contribution is 5.99. The van der Waals surface area contributed by atoms with Gasteiger partial charge in [-0.2, -0.15) is 5.10 Å². The standard InChI is InChI=1S/C19H20N4O2/c24-13-15-4-2-14(3-5-15)10-16-6-9-22(12-16)19(25)17-11-21-23-8-1-7-20-18(17)23/h1-5,7-8,11,16,24H,6,9-10,12-13H2/t16-/m1/s1. The molecule has 1 aromatic carbocycles. The number of aliphatic hydroxyl groups is 1. The lowest BCUT2D eigenvalue weighted by Gasteiger charge is -2.16. The molecule has 0 aliphatic carbocycles. The van der Waals surface area contributed by atoms with Gasteiger partial charge in [0.1, 0.15) is 5.56 Å². The molecular formula is C19H20N4O2. The molecule has 25 heavy (non-hydrogen) atoms. The zero-order valence-electron chi connectivity index (χ0n) is 13.9. The highest BCUT2D eigenvalue weighted by Gasteiger charge is 2.28. The first kappa shape index (κ1) is 15.8. The first-order valence-corrected chi connectivity index (χ1v) is 8.51. The first-order valence-electron chi connectivity index (χ1n) is 8.51. The van der Waals surface area contributed by atoms with Crippen molar-refractivity contribution in [1.29, 1.82) is 0 Å². The minimum atomic E-state index is 0.00632. The molecular weight excluding hydrogens is 316 g/mol. The Hall–Kier alpha value is -2.73. The number of aliphatic hydroxyl groups excluding tert-OH is 1. The van der Waals surface area contributed by atoms with Gasteiger partial charge < -0.3 is 10.0 Å². The Bertz CT molecular complexity index is 888. The van der Waals surface area contributed by atoms with E-state index in [1.165, 1.54) is 5.56 Å². The second-order valence-corrected chi connectivity index (χ2v) is 6.53. The van der Waals surface area contributed by atoms with E-state index >= 15 is 0 Å². The lowest BCUT2D eigenvalue weighted by molar-refractivity contribution is 0.0789. The van der Waals surface area contributed by atoms with Crippen molar-refractivity contribution in [1.82, 2.24) is 19.5 Å². The summed E-state index contributed by atoms with van der Waals surface area (Å²) in [6.45, 7) is 1.59. The molecule has 6 nitrogen and oxygen atoms in total. The summed E-state index contributed by atoms with van der Waals surface area (Å²) in [4.78, 5) is 19.0. The van der Waals surface area contributed by atoms with E-state index in [0.29, 0.717) is 17.1 Å². The largest absolute Gasteiger partial charge is 0.392 e. The molecule has 1 fully saturated rings. The van der Waals surface area contributed by atoms with Crippen LogP contribution in [0.25, 0.3) is 5.65 Å². The fourth-order valence-electron chi connectivity index (χ4n) is 3.45. The van der Waals surface area contributed by atoms with E-state index in [9.17, 15) is 4.79 Å². The Kier molecular flexibility index (Phi) is 4.19. The van der Waals surface area contributed by atoms with Crippen LogP contribution in [0.2, 0.25) is 0 Å². The third-order valence-electron chi connectivity index (χ3n) is 4.81. The van der Waals surface area contributed by atoms with Crippen LogP contribution < -0.4 is 0 Å². The molecule has 6 heteroatoms. The summed E-state index contributed by atoms with van der Waals surface area (Å²) in [6, 6.07) is 9.83. The quantitative estimate of drug-likeness (QED) is 0.790. The van der Waals surface area contributed by atoms with Crippen molar-refractivity contribution in [2.45, 2.75) is 19.4 Å². The van der Waals surface area contributed by atoms with Crippen LogP contribution in [0.15, 0.2) is 48.9 Å². The van der Waals surface area contributed by atoms with Gasteiger partial charge >= 0.3 is 0 Å². The molecule has 1 amide bonds. The Labute approximate surface area is 145 Å². The molecule has 2 aromatic heterocycles. The molecule has 3 aromatic rings. The van der Waals surface area contributed by atoms with E-state index in [1.54, 1.807) is 29.2 Å². The monoisotopic (exact) mass is 336 g/mol. The summed E-state index contributed by atoms with van der Waals surface area (Å²) in [6.07, 6.45) is 7.02. The van der Waals surface area contributed by atoms with Crippen molar-refractivity contribution in [3.63, 3.8) is 0 Å². The number of rotatable bonds is 4. The van der Waals surface area contributed by atoms with E-state index in [0.717, 1.165) is 31.5 Å². The number of benzene rings is 1. The van der Waals surface area contributed by atoms with Crippen molar-refractivity contribution >= 4 is 11.6 Å². The van der Waals surface area contributed by atoms with Gasteiger partial charge in [-0.1, -0.05) is 24.3 Å². The Balaban J connectivity index is 1.43. The van der Waals surface area contributed by atoms with Gasteiger partial charge in [0.2, 0.25) is 0 Å². The molecule has 0 spiro atoms. The summed E-state index contributed by atoms with van der Waals surface area (Å²) in [5.41, 5.74) is 3.34. The first-order chi connectivity index (χ1) is 12.2. The summed E-state index contributed by atoms with van der Waals surface area (Å²) >= 11 is 0. The molecule has 0 unspecified atom stereocenters. The average Bonchev–Trinajstić information content (AvgIpc) is 3.29. The molecule has 0 radical (unpaired) electrons. The number of likely N-dealkylation sites (tertiary alicyclic amines) is 1. The van der Waals surface area contributed by atoms with Gasteiger partial charge in [-0.05, 0) is 36.0 Å². The van der Waals surface area contributed by atoms with Crippen molar-refractivity contribution in [2.24, 2.45) is 5.92 Å². The van der Waals surface area contributed by atoms with E-state index in [-0.39, 0.29) is 12.5 Å². The maximum atomic E-state index is 12.8. The Morgan fingerprint density at radius 3 is 2.84 bits per heavy atom. The predicted molar refractivity (Wildman–Crippen MR) is 93.1 cm³/mol. The third-order valence-corrected chi connectivity index (χ3v) is 4.81. The highest BCUT2D eigenvalue weighted by atomic mass is 16.3. The molecule has 0 bridgehead atoms. The van der Waals surface area contributed by atoms with Gasteiger partial charge in [0.15, 0.2) is 5.65 Å². The number of fused-ring (bicyclic) bond motifs is 1. The van der Waals surface area contributed by atoms with Crippen LogP contribution >= 0.6 is 0 Å². The molecule has 1 saturated heterocycles. The minimum Gasteiger partial charge on any atom is -0.392 e. The van der Waals surface area contributed by atoms with E-state index in [2.05, 4.69) is 22.2 Å². The Morgan fingerprint density at radius 1 is 1.24 bits per heavy atom. The zero-order valence-corrected chi connectivity index (χ0v) is 13.9. The van der Waals surface area contributed by atoms with Gasteiger partial charge in [0.05, 0.1) is 12.8 Å². The van der Waals surface area contributed by atoms with Crippen LogP contribution in [0.4, 0.5) is 0 Å². The SMILES string of the molecule is O=C(c1cnn2cccnc12)N1CC[C@H](Cc2ccc(CO)cc2)C1. The van der Waals surface area contributed by atoms with Gasteiger partial charge in [0.25, 0.3) is 5.91 Å². The number of hydrogen-bond acceptors (Lipinski definition) is 4. The number of aromatic nitrogens is 3. The zero-order chi connectivity index (χ0) is 17.2. The van der Waals surface area contributed by atoms with Crippen molar-refractivity contribution in [2.75, 3.05) is 13.1 Å². The predicted octanol–water partition coefficient (Wildman–Crippen LogP) is 1.93. The highest BCUT2D eigenvalue weighted by Crippen LogP contribution is 2.23. The molecule has 1 atom stereocenters. The van der Waals surface area contributed by atoms with Gasteiger partial charge in [0, 0.05) is 25.5 Å². The van der Waals surface area contributed by atoms with Gasteiger partial charge in [-0.3, -0.25) is 4.79 Å². The van der Waals surface area contributed by atoms with Crippen LogP contribution in [0, 0.1) is 5.92 Å². The second-order valence-electron chi connectivity index (χ2n) is 6.53. The molecule has 1 N–H and O–H groups in total. The topological polar surface area (TPSA) is 70.7 Å². The summed E-state index contributed by atoms with van der Waals surface area (Å²) < 4.78 is 1.63. The van der Waals surface area contributed by atoms with Crippen LogP contribution in [-0.4, -0.2) is 43.6 Å². The van der Waals surface area contributed by atoms with E-state index in [4.69, 9.17) is 5.11 Å². The number of amides is 1. The van der Waals surface area contributed by atoms with Crippen LogP contribution in [0.3, 0.4) is 0 Å². The fraction of sp³-hybridized carbons (Fsp3) is 0.316. The molecule has 1 aliphatic heterocycles. The Morgan fingerprint density at radius 2 is 2.04 bits per heavy atom. The minimum absolute atomic E-state index is 0.00632. The van der Waals surface area contributed by atoms with Crippen LogP contribution in [-0.2, 0) is 13.0 Å².